The van der Waals surface area contributed by atoms with E-state index in [1.54, 1.807) is 51.7 Å². The van der Waals surface area contributed by atoms with Gasteiger partial charge in [-0.3, -0.25) is 0 Å². The summed E-state index contributed by atoms with van der Waals surface area (Å²) in [6.07, 6.45) is 5.32. The molecule has 1 fully saturated rings. The number of benzene rings is 2. The molecule has 9 nitrogen and oxygen atoms in total. The Morgan fingerprint density at radius 2 is 1.59 bits per heavy atom. The van der Waals surface area contributed by atoms with Gasteiger partial charge in [0.15, 0.2) is 17.4 Å². The molecule has 1 saturated heterocycles. The highest BCUT2D eigenvalue weighted by atomic mass is 32.2. The molecule has 0 unspecified atom stereocenters. The summed E-state index contributed by atoms with van der Waals surface area (Å²) in [5.41, 5.74) is 7.25. The van der Waals surface area contributed by atoms with E-state index in [1.807, 2.05) is 19.1 Å². The fourth-order valence-electron chi connectivity index (χ4n) is 4.19. The predicted molar refractivity (Wildman–Crippen MR) is 140 cm³/mol. The third-order valence-electron chi connectivity index (χ3n) is 5.98. The van der Waals surface area contributed by atoms with Crippen molar-refractivity contribution in [2.45, 2.75) is 43.3 Å². The molecule has 2 aromatic rings. The summed E-state index contributed by atoms with van der Waals surface area (Å²) >= 11 is 0. The van der Waals surface area contributed by atoms with Crippen molar-refractivity contribution < 1.29 is 36.8 Å². The average Bonchev–Trinajstić information content (AvgIpc) is 3.40. The van der Waals surface area contributed by atoms with Crippen LogP contribution in [0.2, 0.25) is 0 Å². The van der Waals surface area contributed by atoms with Gasteiger partial charge in [-0.2, -0.15) is 0 Å². The molecule has 0 saturated carbocycles. The molecule has 1 heterocycles. The van der Waals surface area contributed by atoms with Crippen LogP contribution < -0.4 is 24.7 Å². The van der Waals surface area contributed by atoms with Gasteiger partial charge in [-0.1, -0.05) is 25.1 Å². The van der Waals surface area contributed by atoms with Crippen molar-refractivity contribution in [3.05, 3.63) is 53.6 Å². The van der Waals surface area contributed by atoms with E-state index in [0.29, 0.717) is 30.4 Å². The van der Waals surface area contributed by atoms with E-state index in [0.717, 1.165) is 30.4 Å². The second kappa shape index (κ2) is 13.7. The van der Waals surface area contributed by atoms with Gasteiger partial charge in [0, 0.05) is 13.2 Å². The highest BCUT2D eigenvalue weighted by Gasteiger charge is 2.31. The Balaban J connectivity index is 1.86. The number of nitrogens with two attached hydrogens (primary N) is 1. The van der Waals surface area contributed by atoms with Gasteiger partial charge >= 0.3 is 0 Å². The van der Waals surface area contributed by atoms with Crippen LogP contribution in [0.3, 0.4) is 0 Å². The predicted octanol–water partition coefficient (Wildman–Crippen LogP) is 4.36. The first-order valence-electron chi connectivity index (χ1n) is 12.3. The molecule has 2 N–H and O–H groups in total. The van der Waals surface area contributed by atoms with Gasteiger partial charge < -0.3 is 34.2 Å². The summed E-state index contributed by atoms with van der Waals surface area (Å²) < 4.78 is 59.9. The second-order valence-electron chi connectivity index (χ2n) is 8.51. The molecule has 0 aliphatic carbocycles. The number of hydrogen-bond acceptors (Lipinski definition) is 9. The van der Waals surface area contributed by atoms with Crippen molar-refractivity contribution in [1.82, 2.24) is 0 Å². The monoisotopic (exact) mass is 535 g/mol. The Morgan fingerprint density at radius 1 is 0.946 bits per heavy atom. The number of rotatable bonds is 14. The van der Waals surface area contributed by atoms with Crippen LogP contribution >= 0.6 is 0 Å². The zero-order chi connectivity index (χ0) is 26.8. The second-order valence-corrected chi connectivity index (χ2v) is 10.4. The minimum atomic E-state index is -3.70. The highest BCUT2D eigenvalue weighted by molar-refractivity contribution is 7.91. The SMILES string of the molecule is CCCOCS(=O)(=O)c1ccc([C@@H]2CC[C@@H](c3cc(OC)c(OC)c(OC)c3)O2)cc1OCC=CCN. The first-order valence-corrected chi connectivity index (χ1v) is 13.9. The van der Waals surface area contributed by atoms with E-state index in [1.165, 1.54) is 0 Å². The molecule has 0 bridgehead atoms. The van der Waals surface area contributed by atoms with Crippen LogP contribution in [-0.2, 0) is 19.3 Å². The summed E-state index contributed by atoms with van der Waals surface area (Å²) in [5, 5.41) is 0. The van der Waals surface area contributed by atoms with Gasteiger partial charge in [-0.05, 0) is 54.7 Å². The van der Waals surface area contributed by atoms with E-state index in [-0.39, 0.29) is 29.5 Å². The maximum absolute atomic E-state index is 13.0. The normalized spacial score (nSPS) is 17.8. The highest BCUT2D eigenvalue weighted by Crippen LogP contribution is 2.46. The van der Waals surface area contributed by atoms with Gasteiger partial charge in [-0.15, -0.1) is 0 Å². The molecule has 3 rings (SSSR count). The Labute approximate surface area is 219 Å². The van der Waals surface area contributed by atoms with Crippen molar-refractivity contribution in [2.24, 2.45) is 5.73 Å². The molecule has 2 atom stereocenters. The maximum Gasteiger partial charge on any atom is 0.205 e. The molecule has 2 aromatic carbocycles. The molecule has 0 spiro atoms. The Hall–Kier alpha value is -2.79. The first-order chi connectivity index (χ1) is 17.9. The summed E-state index contributed by atoms with van der Waals surface area (Å²) in [4.78, 5) is 0.0904. The summed E-state index contributed by atoms with van der Waals surface area (Å²) in [6, 6.07) is 8.86. The topological polar surface area (TPSA) is 116 Å². The van der Waals surface area contributed by atoms with Crippen molar-refractivity contribution >= 4 is 9.84 Å². The largest absolute Gasteiger partial charge is 0.493 e. The van der Waals surface area contributed by atoms with Crippen molar-refractivity contribution in [1.29, 1.82) is 0 Å². The lowest BCUT2D eigenvalue weighted by molar-refractivity contribution is 0.0436. The summed E-state index contributed by atoms with van der Waals surface area (Å²) in [5.74, 6) is 1.50. The van der Waals surface area contributed by atoms with Crippen LogP contribution in [-0.4, -0.2) is 55.4 Å². The fourth-order valence-corrected chi connectivity index (χ4v) is 5.35. The lowest BCUT2D eigenvalue weighted by Crippen LogP contribution is -2.13. The third kappa shape index (κ3) is 7.16. The molecular weight excluding hydrogens is 498 g/mol. The van der Waals surface area contributed by atoms with Crippen LogP contribution in [0.1, 0.15) is 49.5 Å². The van der Waals surface area contributed by atoms with Crippen LogP contribution in [0, 0.1) is 0 Å². The average molecular weight is 536 g/mol. The van der Waals surface area contributed by atoms with Gasteiger partial charge in [-0.25, -0.2) is 8.42 Å². The minimum Gasteiger partial charge on any atom is -0.493 e. The number of hydrogen-bond donors (Lipinski definition) is 1. The number of ether oxygens (including phenoxy) is 6. The minimum absolute atomic E-state index is 0.0904. The zero-order valence-corrected chi connectivity index (χ0v) is 22.7. The zero-order valence-electron chi connectivity index (χ0n) is 21.9. The van der Waals surface area contributed by atoms with Gasteiger partial charge in [0.05, 0.1) is 33.5 Å². The fraction of sp³-hybridized carbons (Fsp3) is 0.481. The van der Waals surface area contributed by atoms with E-state index < -0.39 is 15.8 Å². The van der Waals surface area contributed by atoms with Gasteiger partial charge in [0.1, 0.15) is 17.3 Å². The van der Waals surface area contributed by atoms with E-state index >= 15 is 0 Å². The van der Waals surface area contributed by atoms with Gasteiger partial charge in [0.2, 0.25) is 15.6 Å². The van der Waals surface area contributed by atoms with Crippen LogP contribution in [0.15, 0.2) is 47.4 Å². The lowest BCUT2D eigenvalue weighted by atomic mass is 10.0. The third-order valence-corrected chi connectivity index (χ3v) is 7.46. The van der Waals surface area contributed by atoms with Gasteiger partial charge in [0.25, 0.3) is 0 Å². The molecule has 204 valence electrons. The van der Waals surface area contributed by atoms with E-state index in [9.17, 15) is 8.42 Å². The summed E-state index contributed by atoms with van der Waals surface area (Å²) in [7, 11) is 1.02. The van der Waals surface area contributed by atoms with Crippen molar-refractivity contribution in [3.63, 3.8) is 0 Å². The molecule has 0 aromatic heterocycles. The van der Waals surface area contributed by atoms with Crippen LogP contribution in [0.5, 0.6) is 23.0 Å². The standard InChI is InChI=1S/C27H37NO8S/c1-5-13-34-18-37(29,30)26-11-8-19(15-23(26)35-14-7-6-12-28)21-9-10-22(36-21)20-16-24(31-2)27(33-4)25(17-20)32-3/h6-8,11,15-17,21-22H,5,9-10,12-14,18,28H2,1-4H3/t21-,22-/m0/s1. The molecule has 10 heteroatoms. The number of sulfone groups is 1. The first kappa shape index (κ1) is 28.8. The van der Waals surface area contributed by atoms with Crippen molar-refractivity contribution in [2.75, 3.05) is 47.0 Å². The molecule has 0 amide bonds. The quantitative estimate of drug-likeness (QED) is 0.278. The molecule has 1 aliphatic rings. The lowest BCUT2D eigenvalue weighted by Gasteiger charge is -2.19. The molecular formula is C27H37NO8S. The van der Waals surface area contributed by atoms with Crippen LogP contribution in [0.25, 0.3) is 0 Å². The maximum atomic E-state index is 13.0. The Kier molecular flexibility index (Phi) is 10.6. The smallest absolute Gasteiger partial charge is 0.205 e. The molecule has 37 heavy (non-hydrogen) atoms. The van der Waals surface area contributed by atoms with Crippen molar-refractivity contribution in [3.8, 4) is 23.0 Å². The molecule has 0 radical (unpaired) electrons. The Morgan fingerprint density at radius 3 is 2.19 bits per heavy atom. The molecule has 1 aliphatic heterocycles. The number of methoxy groups -OCH3 is 3. The Bertz CT molecular complexity index is 1140. The van der Waals surface area contributed by atoms with E-state index in [4.69, 9.17) is 34.2 Å². The summed E-state index contributed by atoms with van der Waals surface area (Å²) in [6.45, 7) is 2.86. The van der Waals surface area contributed by atoms with E-state index in [2.05, 4.69) is 0 Å². The van der Waals surface area contributed by atoms with Crippen LogP contribution in [0.4, 0.5) is 0 Å².